The van der Waals surface area contributed by atoms with Crippen molar-refractivity contribution in [3.05, 3.63) is 24.1 Å². The first-order valence-corrected chi connectivity index (χ1v) is 8.21. The van der Waals surface area contributed by atoms with Crippen LogP contribution in [0.25, 0.3) is 0 Å². The second-order valence-electron chi connectivity index (χ2n) is 5.00. The van der Waals surface area contributed by atoms with Crippen LogP contribution in [0.3, 0.4) is 0 Å². The van der Waals surface area contributed by atoms with Crippen LogP contribution in [0.15, 0.2) is 23.4 Å². The van der Waals surface area contributed by atoms with Crippen LogP contribution in [-0.4, -0.2) is 55.3 Å². The van der Waals surface area contributed by atoms with E-state index >= 15 is 0 Å². The van der Waals surface area contributed by atoms with Crippen molar-refractivity contribution in [2.24, 2.45) is 0 Å². The SMILES string of the molecule is CCN1CCCC1CN(C)S(=O)(=O)c1ncccc1F. The quantitative estimate of drug-likeness (QED) is 0.823. The maximum Gasteiger partial charge on any atom is 0.263 e. The molecule has 0 aliphatic carbocycles. The van der Waals surface area contributed by atoms with E-state index in [0.717, 1.165) is 32.0 Å². The van der Waals surface area contributed by atoms with Crippen LogP contribution in [0.1, 0.15) is 19.8 Å². The van der Waals surface area contributed by atoms with Crippen molar-refractivity contribution in [3.63, 3.8) is 0 Å². The van der Waals surface area contributed by atoms with Gasteiger partial charge in [-0.05, 0) is 38.1 Å². The van der Waals surface area contributed by atoms with E-state index in [1.165, 1.54) is 23.6 Å². The zero-order valence-corrected chi connectivity index (χ0v) is 12.6. The molecule has 1 aliphatic rings. The topological polar surface area (TPSA) is 53.5 Å². The highest BCUT2D eigenvalue weighted by Gasteiger charge is 2.31. The highest BCUT2D eigenvalue weighted by atomic mass is 32.2. The third-order valence-corrected chi connectivity index (χ3v) is 5.51. The minimum absolute atomic E-state index is 0.201. The number of nitrogens with zero attached hydrogens (tertiary/aromatic N) is 3. The molecule has 0 aromatic carbocycles. The van der Waals surface area contributed by atoms with Gasteiger partial charge in [0.25, 0.3) is 10.0 Å². The molecule has 5 nitrogen and oxygen atoms in total. The largest absolute Gasteiger partial charge is 0.299 e. The summed E-state index contributed by atoms with van der Waals surface area (Å²) in [6, 6.07) is 2.69. The summed E-state index contributed by atoms with van der Waals surface area (Å²) >= 11 is 0. The van der Waals surface area contributed by atoms with Crippen molar-refractivity contribution in [1.82, 2.24) is 14.2 Å². The lowest BCUT2D eigenvalue weighted by atomic mass is 10.2. The number of pyridine rings is 1. The van der Waals surface area contributed by atoms with Crippen molar-refractivity contribution in [1.29, 1.82) is 0 Å². The van der Waals surface area contributed by atoms with Crippen LogP contribution in [-0.2, 0) is 10.0 Å². The summed E-state index contributed by atoms with van der Waals surface area (Å²) in [5.41, 5.74) is 0. The van der Waals surface area contributed by atoms with E-state index in [9.17, 15) is 12.8 Å². The van der Waals surface area contributed by atoms with Crippen molar-refractivity contribution in [3.8, 4) is 0 Å². The Morgan fingerprint density at radius 3 is 2.95 bits per heavy atom. The molecule has 0 bridgehead atoms. The maximum absolute atomic E-state index is 13.6. The molecule has 1 aromatic heterocycles. The van der Waals surface area contributed by atoms with E-state index in [4.69, 9.17) is 0 Å². The molecule has 20 heavy (non-hydrogen) atoms. The molecule has 0 amide bonds. The van der Waals surface area contributed by atoms with Gasteiger partial charge in [-0.2, -0.15) is 4.31 Å². The Morgan fingerprint density at radius 1 is 1.55 bits per heavy atom. The zero-order valence-electron chi connectivity index (χ0n) is 11.8. The molecule has 0 spiro atoms. The summed E-state index contributed by atoms with van der Waals surface area (Å²) in [6.07, 6.45) is 3.33. The van der Waals surface area contributed by atoms with Gasteiger partial charge in [0, 0.05) is 25.8 Å². The van der Waals surface area contributed by atoms with E-state index in [1.807, 2.05) is 0 Å². The van der Waals surface area contributed by atoms with Crippen molar-refractivity contribution in [2.45, 2.75) is 30.8 Å². The first-order valence-electron chi connectivity index (χ1n) is 6.77. The monoisotopic (exact) mass is 301 g/mol. The number of likely N-dealkylation sites (N-methyl/N-ethyl adjacent to an activating group) is 2. The molecule has 0 saturated carbocycles. The maximum atomic E-state index is 13.6. The van der Waals surface area contributed by atoms with E-state index in [2.05, 4.69) is 16.8 Å². The highest BCUT2D eigenvalue weighted by molar-refractivity contribution is 7.89. The summed E-state index contributed by atoms with van der Waals surface area (Å²) in [5.74, 6) is -0.807. The fourth-order valence-corrected chi connectivity index (χ4v) is 3.79. The van der Waals surface area contributed by atoms with E-state index in [1.54, 1.807) is 0 Å². The van der Waals surface area contributed by atoms with Crippen LogP contribution in [0.4, 0.5) is 4.39 Å². The Bertz CT molecular complexity index is 564. The predicted molar refractivity (Wildman–Crippen MR) is 74.3 cm³/mol. The first kappa shape index (κ1) is 15.3. The molecule has 0 N–H and O–H groups in total. The van der Waals surface area contributed by atoms with Crippen molar-refractivity contribution < 1.29 is 12.8 Å². The average molecular weight is 301 g/mol. The Hall–Kier alpha value is -1.05. The second-order valence-corrected chi connectivity index (χ2v) is 6.96. The van der Waals surface area contributed by atoms with Gasteiger partial charge in [0.15, 0.2) is 5.82 Å². The van der Waals surface area contributed by atoms with Gasteiger partial charge in [-0.3, -0.25) is 4.90 Å². The standard InChI is InChI=1S/C13H20FN3O2S/c1-3-17-9-5-6-11(17)10-16(2)20(18,19)13-12(14)7-4-8-15-13/h4,7-8,11H,3,5-6,9-10H2,1-2H3. The molecular weight excluding hydrogens is 281 g/mol. The van der Waals surface area contributed by atoms with Crippen molar-refractivity contribution >= 4 is 10.0 Å². The van der Waals surface area contributed by atoms with Gasteiger partial charge in [0.2, 0.25) is 5.03 Å². The molecule has 0 radical (unpaired) electrons. The molecule has 7 heteroatoms. The Morgan fingerprint density at radius 2 is 2.30 bits per heavy atom. The zero-order chi connectivity index (χ0) is 14.8. The number of rotatable bonds is 5. The Kier molecular flexibility index (Phi) is 4.72. The van der Waals surface area contributed by atoms with Gasteiger partial charge in [-0.25, -0.2) is 17.8 Å². The number of hydrogen-bond donors (Lipinski definition) is 0. The van der Waals surface area contributed by atoms with Crippen LogP contribution in [0.5, 0.6) is 0 Å². The normalized spacial score (nSPS) is 20.7. The summed E-state index contributed by atoms with van der Waals surface area (Å²) in [4.78, 5) is 5.92. The highest BCUT2D eigenvalue weighted by Crippen LogP contribution is 2.21. The molecule has 1 aromatic rings. The first-order chi connectivity index (χ1) is 9.46. The minimum Gasteiger partial charge on any atom is -0.299 e. The number of hydrogen-bond acceptors (Lipinski definition) is 4. The molecular formula is C13H20FN3O2S. The van der Waals surface area contributed by atoms with Crippen LogP contribution < -0.4 is 0 Å². The lowest BCUT2D eigenvalue weighted by molar-refractivity contribution is 0.237. The van der Waals surface area contributed by atoms with Crippen molar-refractivity contribution in [2.75, 3.05) is 26.7 Å². The summed E-state index contributed by atoms with van der Waals surface area (Å²) < 4.78 is 39.5. The minimum atomic E-state index is -3.87. The summed E-state index contributed by atoms with van der Waals surface area (Å²) in [6.45, 7) is 4.32. The average Bonchev–Trinajstić information content (AvgIpc) is 2.86. The number of aromatic nitrogens is 1. The van der Waals surface area contributed by atoms with Gasteiger partial charge >= 0.3 is 0 Å². The fourth-order valence-electron chi connectivity index (χ4n) is 2.62. The fraction of sp³-hybridized carbons (Fsp3) is 0.615. The third kappa shape index (κ3) is 2.99. The van der Waals surface area contributed by atoms with Gasteiger partial charge in [-0.15, -0.1) is 0 Å². The molecule has 2 heterocycles. The molecule has 1 fully saturated rings. The summed E-state index contributed by atoms with van der Waals surface area (Å²) in [5, 5.41) is -0.497. The molecule has 1 unspecified atom stereocenters. The van der Waals surface area contributed by atoms with Crippen LogP contribution in [0.2, 0.25) is 0 Å². The molecule has 112 valence electrons. The Balaban J connectivity index is 2.16. The number of likely N-dealkylation sites (tertiary alicyclic amines) is 1. The smallest absolute Gasteiger partial charge is 0.263 e. The molecule has 1 aliphatic heterocycles. The number of halogens is 1. The lowest BCUT2D eigenvalue weighted by Crippen LogP contribution is -2.41. The Labute approximate surface area is 119 Å². The third-order valence-electron chi connectivity index (χ3n) is 3.75. The predicted octanol–water partition coefficient (Wildman–Crippen LogP) is 1.33. The lowest BCUT2D eigenvalue weighted by Gasteiger charge is -2.27. The van der Waals surface area contributed by atoms with Gasteiger partial charge in [-0.1, -0.05) is 6.92 Å². The van der Waals surface area contributed by atoms with Crippen LogP contribution in [0, 0.1) is 5.82 Å². The van der Waals surface area contributed by atoms with Crippen LogP contribution >= 0.6 is 0 Å². The van der Waals surface area contributed by atoms with E-state index < -0.39 is 20.9 Å². The number of sulfonamides is 1. The molecule has 2 rings (SSSR count). The van der Waals surface area contributed by atoms with Gasteiger partial charge in [0.1, 0.15) is 0 Å². The molecule has 1 saturated heterocycles. The van der Waals surface area contributed by atoms with E-state index in [-0.39, 0.29) is 6.04 Å². The van der Waals surface area contributed by atoms with E-state index in [0.29, 0.717) is 6.54 Å². The van der Waals surface area contributed by atoms with Gasteiger partial charge in [0.05, 0.1) is 0 Å². The second kappa shape index (κ2) is 6.15. The van der Waals surface area contributed by atoms with Gasteiger partial charge < -0.3 is 0 Å². The molecule has 1 atom stereocenters. The summed E-state index contributed by atoms with van der Waals surface area (Å²) in [7, 11) is -2.39.